The Balaban J connectivity index is 1.57. The topological polar surface area (TPSA) is 43.4 Å². The molecule has 0 bridgehead atoms. The standard InChI is InChI=1S/C30H50O3/c1-7-9-21-25-18-19(3)14-16-30(25,6)24-15-17-29(5)22(11-12-23(29)27(24)28(21)32)20(4)10-13-26(31)33-8-2/h19-25,27H,7-18H2,1-6H3/t19-,20-,21?,22?,23?,24?,25?,27?,29-,30-/m1/s1. The molecule has 0 spiro atoms. The van der Waals surface area contributed by atoms with Crippen LogP contribution in [0.1, 0.15) is 112 Å². The van der Waals surface area contributed by atoms with Crippen LogP contribution in [-0.4, -0.2) is 18.4 Å². The van der Waals surface area contributed by atoms with Crippen LogP contribution in [0.2, 0.25) is 0 Å². The van der Waals surface area contributed by atoms with Gasteiger partial charge in [0.05, 0.1) is 6.61 Å². The number of hydrogen-bond donors (Lipinski definition) is 0. The van der Waals surface area contributed by atoms with Crippen LogP contribution in [0.3, 0.4) is 0 Å². The molecule has 4 rings (SSSR count). The van der Waals surface area contributed by atoms with Crippen molar-refractivity contribution in [2.45, 2.75) is 112 Å². The summed E-state index contributed by atoms with van der Waals surface area (Å²) < 4.78 is 5.19. The van der Waals surface area contributed by atoms with E-state index in [1.165, 1.54) is 44.9 Å². The van der Waals surface area contributed by atoms with E-state index in [2.05, 4.69) is 34.6 Å². The van der Waals surface area contributed by atoms with Gasteiger partial charge >= 0.3 is 5.97 Å². The molecule has 0 amide bonds. The van der Waals surface area contributed by atoms with Gasteiger partial charge in [-0.25, -0.2) is 0 Å². The zero-order chi connectivity index (χ0) is 24.0. The van der Waals surface area contributed by atoms with Gasteiger partial charge in [0.25, 0.3) is 0 Å². The summed E-state index contributed by atoms with van der Waals surface area (Å²) in [7, 11) is 0. The molecule has 3 nitrogen and oxygen atoms in total. The summed E-state index contributed by atoms with van der Waals surface area (Å²) in [4.78, 5) is 26.2. The van der Waals surface area contributed by atoms with Gasteiger partial charge in [0, 0.05) is 18.3 Å². The van der Waals surface area contributed by atoms with E-state index in [0.29, 0.717) is 59.7 Å². The first-order valence-corrected chi connectivity index (χ1v) is 14.4. The first kappa shape index (κ1) is 25.2. The highest BCUT2D eigenvalue weighted by Gasteiger charge is 2.64. The van der Waals surface area contributed by atoms with Crippen molar-refractivity contribution in [2.24, 2.45) is 58.2 Å². The Morgan fingerprint density at radius 3 is 2.42 bits per heavy atom. The number of hydrogen-bond acceptors (Lipinski definition) is 3. The third-order valence-corrected chi connectivity index (χ3v) is 11.4. The number of Topliss-reactive ketones (excluding diaryl/α,β-unsaturated/α-hetero) is 1. The van der Waals surface area contributed by atoms with Crippen molar-refractivity contribution in [1.82, 2.24) is 0 Å². The van der Waals surface area contributed by atoms with Gasteiger partial charge in [0.1, 0.15) is 5.78 Å². The fourth-order valence-electron chi connectivity index (χ4n) is 9.78. The summed E-state index contributed by atoms with van der Waals surface area (Å²) >= 11 is 0. The van der Waals surface area contributed by atoms with Crippen molar-refractivity contribution in [3.8, 4) is 0 Å². The molecule has 4 fully saturated rings. The lowest BCUT2D eigenvalue weighted by atomic mass is 9.41. The maximum absolute atomic E-state index is 14.2. The van der Waals surface area contributed by atoms with Crippen molar-refractivity contribution in [3.63, 3.8) is 0 Å². The van der Waals surface area contributed by atoms with Crippen LogP contribution in [0.4, 0.5) is 0 Å². The molecular formula is C30H50O3. The molecule has 0 aromatic carbocycles. The van der Waals surface area contributed by atoms with Gasteiger partial charge in [-0.2, -0.15) is 0 Å². The molecule has 4 saturated carbocycles. The summed E-state index contributed by atoms with van der Waals surface area (Å²) in [6.45, 7) is 14.5. The Morgan fingerprint density at radius 1 is 1.03 bits per heavy atom. The van der Waals surface area contributed by atoms with Gasteiger partial charge in [0.15, 0.2) is 0 Å². The predicted molar refractivity (Wildman–Crippen MR) is 134 cm³/mol. The van der Waals surface area contributed by atoms with E-state index in [-0.39, 0.29) is 17.3 Å². The fourth-order valence-corrected chi connectivity index (χ4v) is 9.78. The lowest BCUT2D eigenvalue weighted by Gasteiger charge is -2.62. The van der Waals surface area contributed by atoms with Crippen molar-refractivity contribution in [2.75, 3.05) is 6.61 Å². The summed E-state index contributed by atoms with van der Waals surface area (Å²) in [6.07, 6.45) is 12.6. The maximum Gasteiger partial charge on any atom is 0.305 e. The Kier molecular flexibility index (Phi) is 7.38. The van der Waals surface area contributed by atoms with Crippen molar-refractivity contribution >= 4 is 11.8 Å². The summed E-state index contributed by atoms with van der Waals surface area (Å²) in [5, 5.41) is 0. The normalized spacial score (nSPS) is 45.6. The van der Waals surface area contributed by atoms with Crippen molar-refractivity contribution in [3.05, 3.63) is 0 Å². The molecule has 6 unspecified atom stereocenters. The molecule has 188 valence electrons. The van der Waals surface area contributed by atoms with Crippen LogP contribution in [-0.2, 0) is 14.3 Å². The summed E-state index contributed by atoms with van der Waals surface area (Å²) in [6, 6.07) is 0. The fraction of sp³-hybridized carbons (Fsp3) is 0.933. The van der Waals surface area contributed by atoms with Crippen LogP contribution in [0, 0.1) is 58.2 Å². The number of fused-ring (bicyclic) bond motifs is 5. The Bertz CT molecular complexity index is 730. The molecule has 0 heterocycles. The molecule has 4 aliphatic carbocycles. The van der Waals surface area contributed by atoms with E-state index in [4.69, 9.17) is 4.74 Å². The lowest BCUT2D eigenvalue weighted by Crippen LogP contribution is -2.60. The largest absolute Gasteiger partial charge is 0.466 e. The number of ketones is 1. The second-order valence-corrected chi connectivity index (χ2v) is 13.1. The smallest absolute Gasteiger partial charge is 0.305 e. The zero-order valence-corrected chi connectivity index (χ0v) is 22.3. The third kappa shape index (κ3) is 4.22. The van der Waals surface area contributed by atoms with Crippen molar-refractivity contribution < 1.29 is 14.3 Å². The lowest BCUT2D eigenvalue weighted by molar-refractivity contribution is -0.170. The number of carbonyl (C=O) groups excluding carboxylic acids is 2. The molecule has 10 atom stereocenters. The SMILES string of the molecule is CCCC1C(=O)C2C(CC[C@@]3(C)C2CCC3[C@H](C)CCC(=O)OCC)[C@@]2(C)CC[C@@H](C)CC12. The van der Waals surface area contributed by atoms with Crippen LogP contribution < -0.4 is 0 Å². The number of rotatable bonds is 7. The van der Waals surface area contributed by atoms with Gasteiger partial charge in [0.2, 0.25) is 0 Å². The van der Waals surface area contributed by atoms with E-state index >= 15 is 0 Å². The average molecular weight is 459 g/mol. The van der Waals surface area contributed by atoms with Gasteiger partial charge in [-0.05, 0) is 105 Å². The van der Waals surface area contributed by atoms with E-state index in [1.807, 2.05) is 6.92 Å². The van der Waals surface area contributed by atoms with Gasteiger partial charge in [-0.1, -0.05) is 47.5 Å². The van der Waals surface area contributed by atoms with Crippen LogP contribution in [0.15, 0.2) is 0 Å². The molecule has 3 heteroatoms. The molecule has 0 radical (unpaired) electrons. The first-order chi connectivity index (χ1) is 15.7. The number of carbonyl (C=O) groups is 2. The Hall–Kier alpha value is -0.860. The minimum Gasteiger partial charge on any atom is -0.466 e. The van der Waals surface area contributed by atoms with E-state index in [0.717, 1.165) is 25.2 Å². The molecule has 0 saturated heterocycles. The Labute approximate surface area is 203 Å². The molecule has 0 N–H and O–H groups in total. The number of esters is 1. The second kappa shape index (κ2) is 9.65. The molecule has 4 aliphatic rings. The minimum atomic E-state index is -0.0527. The van der Waals surface area contributed by atoms with E-state index in [1.54, 1.807) is 0 Å². The highest BCUT2D eigenvalue weighted by Crippen LogP contribution is 2.69. The van der Waals surface area contributed by atoms with Gasteiger partial charge < -0.3 is 4.74 Å². The molecular weight excluding hydrogens is 408 g/mol. The maximum atomic E-state index is 14.2. The third-order valence-electron chi connectivity index (χ3n) is 11.4. The van der Waals surface area contributed by atoms with Gasteiger partial charge in [-0.15, -0.1) is 0 Å². The highest BCUT2D eigenvalue weighted by molar-refractivity contribution is 5.86. The first-order valence-electron chi connectivity index (χ1n) is 14.4. The molecule has 33 heavy (non-hydrogen) atoms. The minimum absolute atomic E-state index is 0.0527. The average Bonchev–Trinajstić information content (AvgIpc) is 3.13. The zero-order valence-electron chi connectivity index (χ0n) is 22.3. The molecule has 0 aromatic rings. The predicted octanol–water partition coefficient (Wildman–Crippen LogP) is 7.47. The van der Waals surface area contributed by atoms with E-state index in [9.17, 15) is 9.59 Å². The van der Waals surface area contributed by atoms with Crippen LogP contribution in [0.25, 0.3) is 0 Å². The van der Waals surface area contributed by atoms with Crippen molar-refractivity contribution in [1.29, 1.82) is 0 Å². The summed E-state index contributed by atoms with van der Waals surface area (Å²) in [5.74, 6) is 4.88. The highest BCUT2D eigenvalue weighted by atomic mass is 16.5. The van der Waals surface area contributed by atoms with Crippen LogP contribution in [0.5, 0.6) is 0 Å². The Morgan fingerprint density at radius 2 is 1.73 bits per heavy atom. The summed E-state index contributed by atoms with van der Waals surface area (Å²) in [5.41, 5.74) is 0.618. The second-order valence-electron chi connectivity index (χ2n) is 13.1. The van der Waals surface area contributed by atoms with Gasteiger partial charge in [-0.3, -0.25) is 9.59 Å². The van der Waals surface area contributed by atoms with Crippen LogP contribution >= 0.6 is 0 Å². The van der Waals surface area contributed by atoms with E-state index < -0.39 is 0 Å². The quantitative estimate of drug-likeness (QED) is 0.372. The number of ether oxygens (including phenoxy) is 1. The molecule has 0 aliphatic heterocycles. The molecule has 0 aromatic heterocycles. The monoisotopic (exact) mass is 458 g/mol.